The minimum atomic E-state index is -0.417. The van der Waals surface area contributed by atoms with Crippen molar-refractivity contribution in [1.82, 2.24) is 5.32 Å². The van der Waals surface area contributed by atoms with E-state index < -0.39 is 4.92 Å². The summed E-state index contributed by atoms with van der Waals surface area (Å²) < 4.78 is 0. The second-order valence-electron chi connectivity index (χ2n) is 6.74. The van der Waals surface area contributed by atoms with Gasteiger partial charge in [-0.25, -0.2) is 0 Å². The van der Waals surface area contributed by atoms with E-state index in [0.717, 1.165) is 16.7 Å². The Morgan fingerprint density at radius 1 is 0.966 bits per heavy atom. The summed E-state index contributed by atoms with van der Waals surface area (Å²) >= 11 is 1.48. The van der Waals surface area contributed by atoms with E-state index in [0.29, 0.717) is 11.5 Å². The normalized spacial score (nSPS) is 11.6. The van der Waals surface area contributed by atoms with Crippen molar-refractivity contribution in [2.24, 2.45) is 0 Å². The molecule has 0 bridgehead atoms. The van der Waals surface area contributed by atoms with Gasteiger partial charge in [-0.1, -0.05) is 72.3 Å². The Bertz CT molecular complexity index is 958. The zero-order chi connectivity index (χ0) is 20.6. The van der Waals surface area contributed by atoms with Crippen LogP contribution in [0, 0.1) is 17.0 Å². The maximum Gasteiger partial charge on any atom is 0.269 e. The molecule has 3 aromatic rings. The molecule has 5 nitrogen and oxygen atoms in total. The van der Waals surface area contributed by atoms with Crippen LogP contribution in [0.3, 0.4) is 0 Å². The predicted octanol–water partition coefficient (Wildman–Crippen LogP) is 5.04. The van der Waals surface area contributed by atoms with Crippen LogP contribution in [0.25, 0.3) is 0 Å². The molecule has 29 heavy (non-hydrogen) atoms. The number of aryl methyl sites for hydroxylation is 1. The molecule has 0 fully saturated rings. The summed E-state index contributed by atoms with van der Waals surface area (Å²) in [5, 5.41) is 13.8. The minimum absolute atomic E-state index is 0.0497. The number of amides is 1. The van der Waals surface area contributed by atoms with Gasteiger partial charge in [0.2, 0.25) is 5.91 Å². The van der Waals surface area contributed by atoms with Crippen LogP contribution in [0.15, 0.2) is 78.9 Å². The molecule has 0 saturated heterocycles. The van der Waals surface area contributed by atoms with E-state index in [4.69, 9.17) is 0 Å². The zero-order valence-corrected chi connectivity index (χ0v) is 16.9. The smallest absolute Gasteiger partial charge is 0.269 e. The Morgan fingerprint density at radius 2 is 1.59 bits per heavy atom. The lowest BCUT2D eigenvalue weighted by Gasteiger charge is -2.20. The van der Waals surface area contributed by atoms with Gasteiger partial charge in [-0.2, -0.15) is 0 Å². The number of hydrogen-bond donors (Lipinski definition) is 1. The zero-order valence-electron chi connectivity index (χ0n) is 16.1. The van der Waals surface area contributed by atoms with Crippen LogP contribution in [0.5, 0.6) is 0 Å². The molecule has 1 atom stereocenters. The third kappa shape index (κ3) is 5.93. The van der Waals surface area contributed by atoms with E-state index in [-0.39, 0.29) is 17.6 Å². The quantitative estimate of drug-likeness (QED) is 0.420. The number of carbonyl (C=O) groups excluding carboxylic acids is 1. The molecule has 0 saturated carbocycles. The Labute approximate surface area is 174 Å². The summed E-state index contributed by atoms with van der Waals surface area (Å²) in [4.78, 5) is 22.9. The van der Waals surface area contributed by atoms with Crippen LogP contribution in [0.1, 0.15) is 28.3 Å². The number of nitro benzene ring substituents is 1. The summed E-state index contributed by atoms with van der Waals surface area (Å²) in [6.07, 6.45) is 0. The van der Waals surface area contributed by atoms with Gasteiger partial charge in [0.1, 0.15) is 0 Å². The van der Waals surface area contributed by atoms with Gasteiger partial charge >= 0.3 is 0 Å². The third-order valence-corrected chi connectivity index (χ3v) is 5.50. The standard InChI is InChI=1S/C23H22N2O3S/c1-17-7-11-20(12-8-17)23(19-5-3-2-4-6-19)24-22(26)16-29-15-18-9-13-21(14-10-18)25(27)28/h2-14,23H,15-16H2,1H3,(H,24,26)/t23-/m0/s1. The fourth-order valence-electron chi connectivity index (χ4n) is 2.94. The van der Waals surface area contributed by atoms with Gasteiger partial charge in [-0.15, -0.1) is 11.8 Å². The maximum absolute atomic E-state index is 12.6. The lowest BCUT2D eigenvalue weighted by molar-refractivity contribution is -0.384. The highest BCUT2D eigenvalue weighted by Gasteiger charge is 2.16. The number of rotatable bonds is 8. The molecule has 1 amide bonds. The number of thioether (sulfide) groups is 1. The van der Waals surface area contributed by atoms with E-state index in [1.807, 2.05) is 61.5 Å². The maximum atomic E-state index is 12.6. The number of benzene rings is 3. The summed E-state index contributed by atoms with van der Waals surface area (Å²) in [5.74, 6) is 0.879. The first-order chi connectivity index (χ1) is 14.0. The van der Waals surface area contributed by atoms with Crippen LogP contribution in [-0.2, 0) is 10.5 Å². The van der Waals surface area contributed by atoms with Crippen molar-refractivity contribution in [1.29, 1.82) is 0 Å². The average molecular weight is 407 g/mol. The highest BCUT2D eigenvalue weighted by molar-refractivity contribution is 7.99. The van der Waals surface area contributed by atoms with Crippen molar-refractivity contribution in [3.05, 3.63) is 111 Å². The van der Waals surface area contributed by atoms with Gasteiger partial charge in [0.15, 0.2) is 0 Å². The molecular formula is C23H22N2O3S. The number of carbonyl (C=O) groups is 1. The van der Waals surface area contributed by atoms with Gasteiger partial charge in [-0.05, 0) is 23.6 Å². The van der Waals surface area contributed by atoms with Gasteiger partial charge in [-0.3, -0.25) is 14.9 Å². The van der Waals surface area contributed by atoms with Gasteiger partial charge in [0.05, 0.1) is 16.7 Å². The highest BCUT2D eigenvalue weighted by Crippen LogP contribution is 2.23. The summed E-state index contributed by atoms with van der Waals surface area (Å²) in [6, 6.07) is 24.3. The average Bonchev–Trinajstić information content (AvgIpc) is 2.74. The van der Waals surface area contributed by atoms with Crippen LogP contribution in [0.4, 0.5) is 5.69 Å². The number of hydrogen-bond acceptors (Lipinski definition) is 4. The number of non-ortho nitro benzene ring substituents is 1. The molecule has 0 aromatic heterocycles. The largest absolute Gasteiger partial charge is 0.344 e. The molecule has 0 radical (unpaired) electrons. The second kappa shape index (κ2) is 9.89. The third-order valence-electron chi connectivity index (χ3n) is 4.50. The van der Waals surface area contributed by atoms with E-state index in [1.165, 1.54) is 29.5 Å². The van der Waals surface area contributed by atoms with Crippen molar-refractivity contribution in [3.63, 3.8) is 0 Å². The topological polar surface area (TPSA) is 72.2 Å². The molecule has 3 rings (SSSR count). The molecule has 3 aromatic carbocycles. The molecule has 0 unspecified atom stereocenters. The molecular weight excluding hydrogens is 384 g/mol. The molecule has 0 spiro atoms. The van der Waals surface area contributed by atoms with Crippen LogP contribution in [0.2, 0.25) is 0 Å². The van der Waals surface area contributed by atoms with E-state index in [2.05, 4.69) is 5.32 Å². The second-order valence-corrected chi connectivity index (χ2v) is 7.72. The van der Waals surface area contributed by atoms with Crippen molar-refractivity contribution in [3.8, 4) is 0 Å². The monoisotopic (exact) mass is 406 g/mol. The van der Waals surface area contributed by atoms with Gasteiger partial charge in [0, 0.05) is 17.9 Å². The number of nitro groups is 1. The van der Waals surface area contributed by atoms with Crippen LogP contribution >= 0.6 is 11.8 Å². The first-order valence-corrected chi connectivity index (χ1v) is 10.4. The highest BCUT2D eigenvalue weighted by atomic mass is 32.2. The van der Waals surface area contributed by atoms with Crippen molar-refractivity contribution in [2.75, 3.05) is 5.75 Å². The molecule has 0 aliphatic carbocycles. The molecule has 0 heterocycles. The lowest BCUT2D eigenvalue weighted by Crippen LogP contribution is -2.30. The van der Waals surface area contributed by atoms with Crippen molar-refractivity contribution < 1.29 is 9.72 Å². The first-order valence-electron chi connectivity index (χ1n) is 9.25. The van der Waals surface area contributed by atoms with Crippen LogP contribution < -0.4 is 5.32 Å². The Balaban J connectivity index is 1.61. The van der Waals surface area contributed by atoms with Gasteiger partial charge in [0.25, 0.3) is 5.69 Å². The lowest BCUT2D eigenvalue weighted by atomic mass is 9.98. The first kappa shape index (κ1) is 20.6. The molecule has 1 N–H and O–H groups in total. The Kier molecular flexibility index (Phi) is 7.03. The SMILES string of the molecule is Cc1ccc([C@@H](NC(=O)CSCc2ccc([N+](=O)[O-])cc2)c2ccccc2)cc1. The van der Waals surface area contributed by atoms with Crippen molar-refractivity contribution in [2.45, 2.75) is 18.7 Å². The van der Waals surface area contributed by atoms with Crippen LogP contribution in [-0.4, -0.2) is 16.6 Å². The minimum Gasteiger partial charge on any atom is -0.344 e. The number of nitrogens with zero attached hydrogens (tertiary/aromatic N) is 1. The number of nitrogens with one attached hydrogen (secondary N) is 1. The Morgan fingerprint density at radius 3 is 2.21 bits per heavy atom. The summed E-state index contributed by atoms with van der Waals surface area (Å²) in [7, 11) is 0. The summed E-state index contributed by atoms with van der Waals surface area (Å²) in [5.41, 5.74) is 4.26. The fourth-order valence-corrected chi connectivity index (χ4v) is 3.74. The fraction of sp³-hybridized carbons (Fsp3) is 0.174. The summed E-state index contributed by atoms with van der Waals surface area (Å²) in [6.45, 7) is 2.04. The van der Waals surface area contributed by atoms with Crippen molar-refractivity contribution >= 4 is 23.4 Å². The predicted molar refractivity (Wildman–Crippen MR) is 117 cm³/mol. The molecule has 0 aliphatic rings. The Hall–Kier alpha value is -3.12. The van der Waals surface area contributed by atoms with E-state index in [1.54, 1.807) is 12.1 Å². The van der Waals surface area contributed by atoms with E-state index >= 15 is 0 Å². The van der Waals surface area contributed by atoms with Gasteiger partial charge < -0.3 is 5.32 Å². The van der Waals surface area contributed by atoms with E-state index in [9.17, 15) is 14.9 Å². The molecule has 6 heteroatoms. The molecule has 148 valence electrons. The molecule has 0 aliphatic heterocycles.